The lowest BCUT2D eigenvalue weighted by Crippen LogP contribution is -2.47. The van der Waals surface area contributed by atoms with Crippen LogP contribution in [0.4, 0.5) is 0 Å². The first-order chi connectivity index (χ1) is 12.7. The summed E-state index contributed by atoms with van der Waals surface area (Å²) in [6.45, 7) is 5.54. The van der Waals surface area contributed by atoms with Crippen LogP contribution in [0.1, 0.15) is 28.8 Å². The van der Waals surface area contributed by atoms with Crippen LogP contribution in [0.2, 0.25) is 0 Å². The lowest BCUT2D eigenvalue weighted by Gasteiger charge is -2.42. The summed E-state index contributed by atoms with van der Waals surface area (Å²) in [5.74, 6) is 0.552. The standard InChI is InChI=1S/C19H25N3O3S/c1-24-12-17-10-21(9-15-2-7-26-13-15)14-19(17)3-5-22(6-4-19)18(23)16-8-20-25-11-16/h2,7-8,11,13,17H,3-6,9-10,12,14H2,1H3/t17-/m1/s1. The predicted molar refractivity (Wildman–Crippen MR) is 99.0 cm³/mol. The molecule has 2 aromatic heterocycles. The first-order valence-corrected chi connectivity index (χ1v) is 10.1. The Morgan fingerprint density at radius 2 is 2.31 bits per heavy atom. The average molecular weight is 375 g/mol. The van der Waals surface area contributed by atoms with Crippen molar-refractivity contribution >= 4 is 17.2 Å². The number of nitrogens with zero attached hydrogens (tertiary/aromatic N) is 3. The first-order valence-electron chi connectivity index (χ1n) is 9.11. The van der Waals surface area contributed by atoms with Crippen molar-refractivity contribution in [3.8, 4) is 0 Å². The molecule has 0 unspecified atom stereocenters. The van der Waals surface area contributed by atoms with Crippen LogP contribution in [0.5, 0.6) is 0 Å². The SMILES string of the molecule is COC[C@H]1CN(Cc2ccsc2)CC12CCN(C(=O)c1cnoc1)CC2. The van der Waals surface area contributed by atoms with Gasteiger partial charge in [0.2, 0.25) is 0 Å². The lowest BCUT2D eigenvalue weighted by atomic mass is 9.71. The average Bonchev–Trinajstić information content (AvgIpc) is 3.39. The van der Waals surface area contributed by atoms with Crippen molar-refractivity contribution in [2.75, 3.05) is 39.9 Å². The van der Waals surface area contributed by atoms with E-state index in [0.29, 0.717) is 11.5 Å². The minimum absolute atomic E-state index is 0.0255. The number of piperidine rings is 1. The first kappa shape index (κ1) is 17.7. The molecule has 4 heterocycles. The molecule has 0 bridgehead atoms. The van der Waals surface area contributed by atoms with E-state index in [9.17, 15) is 4.79 Å². The molecule has 0 aliphatic carbocycles. The summed E-state index contributed by atoms with van der Waals surface area (Å²) >= 11 is 1.75. The van der Waals surface area contributed by atoms with E-state index in [1.165, 1.54) is 18.0 Å². The number of carbonyl (C=O) groups excluding carboxylic acids is 1. The van der Waals surface area contributed by atoms with Crippen molar-refractivity contribution in [1.29, 1.82) is 0 Å². The van der Waals surface area contributed by atoms with Crippen molar-refractivity contribution in [3.05, 3.63) is 40.4 Å². The van der Waals surface area contributed by atoms with Crippen LogP contribution >= 0.6 is 11.3 Å². The van der Waals surface area contributed by atoms with Crippen molar-refractivity contribution in [2.45, 2.75) is 19.4 Å². The van der Waals surface area contributed by atoms with Gasteiger partial charge in [-0.2, -0.15) is 11.3 Å². The van der Waals surface area contributed by atoms with Gasteiger partial charge in [-0.3, -0.25) is 9.69 Å². The molecule has 0 N–H and O–H groups in total. The van der Waals surface area contributed by atoms with Crippen LogP contribution in [0, 0.1) is 11.3 Å². The summed E-state index contributed by atoms with van der Waals surface area (Å²) in [5.41, 5.74) is 2.18. The Morgan fingerprint density at radius 1 is 1.46 bits per heavy atom. The number of amides is 1. The third kappa shape index (κ3) is 3.43. The number of likely N-dealkylation sites (tertiary alicyclic amines) is 2. The molecule has 0 radical (unpaired) electrons. The molecule has 1 amide bonds. The van der Waals surface area contributed by atoms with Gasteiger partial charge in [0.05, 0.1) is 18.4 Å². The summed E-state index contributed by atoms with van der Waals surface area (Å²) in [7, 11) is 1.79. The molecule has 2 aliphatic rings. The zero-order valence-corrected chi connectivity index (χ0v) is 15.9. The number of methoxy groups -OCH3 is 1. The van der Waals surface area contributed by atoms with Gasteiger partial charge in [-0.05, 0) is 40.6 Å². The van der Waals surface area contributed by atoms with E-state index in [1.54, 1.807) is 18.4 Å². The highest BCUT2D eigenvalue weighted by Crippen LogP contribution is 2.45. The maximum Gasteiger partial charge on any atom is 0.258 e. The summed E-state index contributed by atoms with van der Waals surface area (Å²) in [6.07, 6.45) is 4.98. The fraction of sp³-hybridized carbons (Fsp3) is 0.579. The minimum atomic E-state index is 0.0255. The van der Waals surface area contributed by atoms with Crippen LogP contribution in [0.3, 0.4) is 0 Å². The van der Waals surface area contributed by atoms with Crippen LogP contribution < -0.4 is 0 Å². The number of hydrogen-bond donors (Lipinski definition) is 0. The third-order valence-electron chi connectivity index (χ3n) is 5.96. The molecule has 2 aliphatic heterocycles. The van der Waals surface area contributed by atoms with Crippen LogP contribution in [-0.4, -0.2) is 60.8 Å². The number of hydrogen-bond acceptors (Lipinski definition) is 6. The fourth-order valence-corrected chi connectivity index (χ4v) is 5.21. The second kappa shape index (κ2) is 7.50. The summed E-state index contributed by atoms with van der Waals surface area (Å²) in [6, 6.07) is 2.21. The molecule has 6 nitrogen and oxygen atoms in total. The zero-order valence-electron chi connectivity index (χ0n) is 15.1. The number of aromatic nitrogens is 1. The molecule has 0 aromatic carbocycles. The Hall–Kier alpha value is -1.70. The van der Waals surface area contributed by atoms with E-state index in [0.717, 1.165) is 52.2 Å². The second-order valence-electron chi connectivity index (χ2n) is 7.52. The molecular formula is C19H25N3O3S. The van der Waals surface area contributed by atoms with Gasteiger partial charge in [0, 0.05) is 45.8 Å². The van der Waals surface area contributed by atoms with Crippen molar-refractivity contribution in [3.63, 3.8) is 0 Å². The van der Waals surface area contributed by atoms with Crippen molar-refractivity contribution in [1.82, 2.24) is 15.0 Å². The molecule has 2 aromatic rings. The summed E-state index contributed by atoms with van der Waals surface area (Å²) in [5, 5.41) is 8.02. The van der Waals surface area contributed by atoms with Gasteiger partial charge < -0.3 is 14.2 Å². The summed E-state index contributed by atoms with van der Waals surface area (Å²) < 4.78 is 10.4. The maximum atomic E-state index is 12.5. The van der Waals surface area contributed by atoms with E-state index in [-0.39, 0.29) is 11.3 Å². The zero-order chi connectivity index (χ0) is 18.0. The van der Waals surface area contributed by atoms with E-state index in [1.807, 2.05) is 4.90 Å². The Morgan fingerprint density at radius 3 is 2.96 bits per heavy atom. The largest absolute Gasteiger partial charge is 0.384 e. The molecule has 26 heavy (non-hydrogen) atoms. The number of rotatable bonds is 5. The molecule has 1 atom stereocenters. The van der Waals surface area contributed by atoms with Gasteiger partial charge in [-0.15, -0.1) is 0 Å². The lowest BCUT2D eigenvalue weighted by molar-refractivity contribution is 0.0322. The van der Waals surface area contributed by atoms with E-state index >= 15 is 0 Å². The minimum Gasteiger partial charge on any atom is -0.384 e. The van der Waals surface area contributed by atoms with Crippen LogP contribution in [0.25, 0.3) is 0 Å². The number of thiophene rings is 1. The highest BCUT2D eigenvalue weighted by molar-refractivity contribution is 7.07. The van der Waals surface area contributed by atoms with E-state index in [4.69, 9.17) is 9.26 Å². The monoisotopic (exact) mass is 375 g/mol. The van der Waals surface area contributed by atoms with Gasteiger partial charge >= 0.3 is 0 Å². The molecule has 4 rings (SSSR count). The Labute approximate surface area is 157 Å². The molecule has 140 valence electrons. The molecule has 0 saturated carbocycles. The van der Waals surface area contributed by atoms with Gasteiger partial charge in [-0.25, -0.2) is 0 Å². The Bertz CT molecular complexity index is 708. The molecule has 7 heteroatoms. The smallest absolute Gasteiger partial charge is 0.258 e. The topological polar surface area (TPSA) is 58.8 Å². The Kier molecular flexibility index (Phi) is 5.11. The molecular weight excluding hydrogens is 350 g/mol. The van der Waals surface area contributed by atoms with Gasteiger partial charge in [0.25, 0.3) is 5.91 Å². The maximum absolute atomic E-state index is 12.5. The number of ether oxygens (including phenoxy) is 1. The van der Waals surface area contributed by atoms with Crippen LogP contribution in [0.15, 0.2) is 33.8 Å². The van der Waals surface area contributed by atoms with Crippen molar-refractivity contribution < 1.29 is 14.1 Å². The molecule has 2 fully saturated rings. The van der Waals surface area contributed by atoms with E-state index < -0.39 is 0 Å². The fourth-order valence-electron chi connectivity index (χ4n) is 4.55. The Balaban J connectivity index is 1.42. The van der Waals surface area contributed by atoms with E-state index in [2.05, 4.69) is 26.9 Å². The normalized spacial score (nSPS) is 23.0. The predicted octanol–water partition coefficient (Wildman–Crippen LogP) is 2.74. The summed E-state index contributed by atoms with van der Waals surface area (Å²) in [4.78, 5) is 17.0. The number of carbonyl (C=O) groups is 1. The molecule has 2 saturated heterocycles. The highest BCUT2D eigenvalue weighted by atomic mass is 32.1. The van der Waals surface area contributed by atoms with Gasteiger partial charge in [0.1, 0.15) is 6.26 Å². The molecule has 1 spiro atoms. The van der Waals surface area contributed by atoms with Gasteiger partial charge in [-0.1, -0.05) is 5.16 Å². The van der Waals surface area contributed by atoms with Gasteiger partial charge in [0.15, 0.2) is 0 Å². The highest BCUT2D eigenvalue weighted by Gasteiger charge is 2.48. The quantitative estimate of drug-likeness (QED) is 0.804. The second-order valence-corrected chi connectivity index (χ2v) is 8.30. The van der Waals surface area contributed by atoms with Crippen LogP contribution in [-0.2, 0) is 11.3 Å². The van der Waals surface area contributed by atoms with Crippen molar-refractivity contribution in [2.24, 2.45) is 11.3 Å². The third-order valence-corrected chi connectivity index (χ3v) is 6.70.